The van der Waals surface area contributed by atoms with Crippen molar-refractivity contribution in [2.75, 3.05) is 26.2 Å². The lowest BCUT2D eigenvalue weighted by Crippen LogP contribution is -2.45. The molecule has 1 aromatic rings. The summed E-state index contributed by atoms with van der Waals surface area (Å²) in [5.74, 6) is -1.20. The first-order chi connectivity index (χ1) is 9.50. The minimum atomic E-state index is -0.656. The summed E-state index contributed by atoms with van der Waals surface area (Å²) in [5.41, 5.74) is 0.953. The number of piperazine rings is 1. The molecular formula is C15H19ClF2N2. The van der Waals surface area contributed by atoms with Crippen LogP contribution >= 0.6 is 11.6 Å². The summed E-state index contributed by atoms with van der Waals surface area (Å²) in [4.78, 5) is 2.09. The molecular weight excluding hydrogens is 282 g/mol. The molecule has 0 aliphatic carbocycles. The number of nitrogens with one attached hydrogen (secondary N) is 1. The molecule has 1 fully saturated rings. The Morgan fingerprint density at radius 2 is 2.05 bits per heavy atom. The molecule has 0 radical (unpaired) electrons. The Hall–Kier alpha value is -0.970. The molecule has 20 heavy (non-hydrogen) atoms. The molecule has 2 nitrogen and oxygen atoms in total. The molecule has 110 valence electrons. The van der Waals surface area contributed by atoms with Gasteiger partial charge in [-0.25, -0.2) is 8.78 Å². The van der Waals surface area contributed by atoms with Crippen molar-refractivity contribution in [3.05, 3.63) is 46.5 Å². The van der Waals surface area contributed by atoms with E-state index in [1.54, 1.807) is 0 Å². The van der Waals surface area contributed by atoms with Gasteiger partial charge in [0.15, 0.2) is 0 Å². The molecule has 1 aliphatic rings. The van der Waals surface area contributed by atoms with Gasteiger partial charge >= 0.3 is 0 Å². The Balaban J connectivity index is 2.40. The number of rotatable bonds is 4. The Kier molecular flexibility index (Phi) is 5.13. The second kappa shape index (κ2) is 6.66. The summed E-state index contributed by atoms with van der Waals surface area (Å²) in [6, 6.07) is 2.13. The molecule has 1 atom stereocenters. The van der Waals surface area contributed by atoms with E-state index in [1.807, 2.05) is 6.92 Å². The molecule has 0 spiro atoms. The van der Waals surface area contributed by atoms with Crippen LogP contribution < -0.4 is 5.32 Å². The molecule has 1 N–H and O–H groups in total. The van der Waals surface area contributed by atoms with E-state index < -0.39 is 11.6 Å². The van der Waals surface area contributed by atoms with Gasteiger partial charge in [0.1, 0.15) is 11.6 Å². The number of hydrogen-bond acceptors (Lipinski definition) is 2. The van der Waals surface area contributed by atoms with Crippen molar-refractivity contribution < 1.29 is 8.78 Å². The summed E-state index contributed by atoms with van der Waals surface area (Å²) in [6.45, 7) is 8.89. The predicted molar refractivity (Wildman–Crippen MR) is 78.0 cm³/mol. The van der Waals surface area contributed by atoms with Crippen molar-refractivity contribution >= 4 is 11.6 Å². The Morgan fingerprint density at radius 3 is 2.65 bits per heavy atom. The monoisotopic (exact) mass is 300 g/mol. The third-order valence-electron chi connectivity index (χ3n) is 3.55. The van der Waals surface area contributed by atoms with Crippen LogP contribution in [-0.4, -0.2) is 31.1 Å². The molecule has 1 aliphatic heterocycles. The van der Waals surface area contributed by atoms with Gasteiger partial charge in [-0.3, -0.25) is 4.90 Å². The molecule has 1 aromatic carbocycles. The fraction of sp³-hybridized carbons (Fsp3) is 0.467. The average Bonchev–Trinajstić information content (AvgIpc) is 2.43. The largest absolute Gasteiger partial charge is 0.314 e. The van der Waals surface area contributed by atoms with Gasteiger partial charge in [0.25, 0.3) is 0 Å². The van der Waals surface area contributed by atoms with Gasteiger partial charge in [0.05, 0.1) is 5.02 Å². The van der Waals surface area contributed by atoms with Crippen molar-refractivity contribution in [3.8, 4) is 0 Å². The molecule has 0 unspecified atom stereocenters. The van der Waals surface area contributed by atoms with E-state index in [0.29, 0.717) is 6.42 Å². The predicted octanol–water partition coefficient (Wildman–Crippen LogP) is 3.53. The van der Waals surface area contributed by atoms with Gasteiger partial charge in [-0.1, -0.05) is 17.2 Å². The van der Waals surface area contributed by atoms with E-state index in [1.165, 1.54) is 12.1 Å². The number of nitrogens with zero attached hydrogens (tertiary/aromatic N) is 1. The van der Waals surface area contributed by atoms with E-state index in [-0.39, 0.29) is 16.6 Å². The number of halogens is 3. The van der Waals surface area contributed by atoms with Crippen LogP contribution in [0.15, 0.2) is 24.3 Å². The zero-order valence-corrected chi connectivity index (χ0v) is 12.3. The maximum absolute atomic E-state index is 14.3. The number of benzene rings is 1. The van der Waals surface area contributed by atoms with E-state index in [4.69, 9.17) is 11.6 Å². The standard InChI is InChI=1S/C15H19ClF2N2/c1-10(2)9-13(20-7-5-19-6-8-20)14-12(17)4-3-11(16)15(14)18/h3-4,13,19H,1,5-9H2,2H3/t13-/m1/s1. The van der Waals surface area contributed by atoms with Crippen molar-refractivity contribution in [1.82, 2.24) is 10.2 Å². The Labute approximate surface area is 123 Å². The summed E-state index contributed by atoms with van der Waals surface area (Å²) in [6.07, 6.45) is 0.522. The fourth-order valence-corrected chi connectivity index (χ4v) is 2.75. The topological polar surface area (TPSA) is 15.3 Å². The zero-order valence-electron chi connectivity index (χ0n) is 11.6. The molecule has 5 heteroatoms. The second-order valence-electron chi connectivity index (χ2n) is 5.22. The van der Waals surface area contributed by atoms with Gasteiger partial charge in [0, 0.05) is 37.8 Å². The minimum absolute atomic E-state index is 0.0387. The summed E-state index contributed by atoms with van der Waals surface area (Å²) < 4.78 is 28.4. The molecule has 1 saturated heterocycles. The average molecular weight is 301 g/mol. The molecule has 0 bridgehead atoms. The Bertz CT molecular complexity index is 499. The van der Waals surface area contributed by atoms with Gasteiger partial charge < -0.3 is 5.32 Å². The van der Waals surface area contributed by atoms with E-state index in [9.17, 15) is 8.78 Å². The van der Waals surface area contributed by atoms with Crippen LogP contribution in [0.2, 0.25) is 5.02 Å². The molecule has 0 saturated carbocycles. The summed E-state index contributed by atoms with van der Waals surface area (Å²) in [5, 5.41) is 3.20. The van der Waals surface area contributed by atoms with Crippen LogP contribution in [0.1, 0.15) is 24.9 Å². The van der Waals surface area contributed by atoms with Crippen molar-refractivity contribution in [3.63, 3.8) is 0 Å². The van der Waals surface area contributed by atoms with Crippen LogP contribution in [0.5, 0.6) is 0 Å². The lowest BCUT2D eigenvalue weighted by molar-refractivity contribution is 0.166. The van der Waals surface area contributed by atoms with Crippen LogP contribution in [-0.2, 0) is 0 Å². The van der Waals surface area contributed by atoms with E-state index >= 15 is 0 Å². The Morgan fingerprint density at radius 1 is 1.40 bits per heavy atom. The third-order valence-corrected chi connectivity index (χ3v) is 3.84. The highest BCUT2D eigenvalue weighted by molar-refractivity contribution is 6.30. The maximum atomic E-state index is 14.3. The fourth-order valence-electron chi connectivity index (χ4n) is 2.59. The van der Waals surface area contributed by atoms with Gasteiger partial charge in [-0.05, 0) is 25.5 Å². The van der Waals surface area contributed by atoms with Crippen molar-refractivity contribution in [2.45, 2.75) is 19.4 Å². The first-order valence-electron chi connectivity index (χ1n) is 6.73. The van der Waals surface area contributed by atoms with Crippen LogP contribution in [0.25, 0.3) is 0 Å². The number of hydrogen-bond donors (Lipinski definition) is 1. The summed E-state index contributed by atoms with van der Waals surface area (Å²) >= 11 is 5.81. The second-order valence-corrected chi connectivity index (χ2v) is 5.63. The quantitative estimate of drug-likeness (QED) is 0.676. The van der Waals surface area contributed by atoms with E-state index in [0.717, 1.165) is 31.8 Å². The minimum Gasteiger partial charge on any atom is -0.314 e. The molecule has 0 amide bonds. The normalized spacial score (nSPS) is 18.0. The lowest BCUT2D eigenvalue weighted by atomic mass is 9.97. The molecule has 0 aromatic heterocycles. The van der Waals surface area contributed by atoms with Crippen LogP contribution in [0, 0.1) is 11.6 Å². The van der Waals surface area contributed by atoms with Crippen molar-refractivity contribution in [2.24, 2.45) is 0 Å². The smallest absolute Gasteiger partial charge is 0.149 e. The first kappa shape index (κ1) is 15.4. The van der Waals surface area contributed by atoms with E-state index in [2.05, 4.69) is 16.8 Å². The molecule has 1 heterocycles. The van der Waals surface area contributed by atoms with Crippen LogP contribution in [0.4, 0.5) is 8.78 Å². The summed E-state index contributed by atoms with van der Waals surface area (Å²) in [7, 11) is 0. The lowest BCUT2D eigenvalue weighted by Gasteiger charge is -2.35. The van der Waals surface area contributed by atoms with Gasteiger partial charge in [0.2, 0.25) is 0 Å². The highest BCUT2D eigenvalue weighted by Gasteiger charge is 2.28. The zero-order chi connectivity index (χ0) is 14.7. The van der Waals surface area contributed by atoms with Crippen LogP contribution in [0.3, 0.4) is 0 Å². The van der Waals surface area contributed by atoms with Crippen molar-refractivity contribution in [1.29, 1.82) is 0 Å². The SMILES string of the molecule is C=C(C)C[C@H](c1c(F)ccc(Cl)c1F)N1CCNCC1. The third kappa shape index (κ3) is 3.37. The molecule has 2 rings (SSSR count). The van der Waals surface area contributed by atoms with Gasteiger partial charge in [-0.2, -0.15) is 0 Å². The van der Waals surface area contributed by atoms with Gasteiger partial charge in [-0.15, -0.1) is 6.58 Å². The maximum Gasteiger partial charge on any atom is 0.149 e. The first-order valence-corrected chi connectivity index (χ1v) is 7.11. The highest BCUT2D eigenvalue weighted by Crippen LogP contribution is 2.34. The highest BCUT2D eigenvalue weighted by atomic mass is 35.5.